The molecule has 0 saturated heterocycles. The summed E-state index contributed by atoms with van der Waals surface area (Å²) in [6.45, 7) is 0. The number of hydrogen-bond donors (Lipinski definition) is 0. The van der Waals surface area contributed by atoms with Crippen LogP contribution in [0, 0.1) is 0 Å². The Morgan fingerprint density at radius 1 is 0.265 bits per heavy atom. The lowest BCUT2D eigenvalue weighted by atomic mass is 9.99. The third-order valence-electron chi connectivity index (χ3n) is 12.7. The lowest BCUT2D eigenvalue weighted by Gasteiger charge is -2.27. The predicted octanol–water partition coefficient (Wildman–Crippen LogP) is 19.0. The van der Waals surface area contributed by atoms with E-state index >= 15 is 0 Å². The van der Waals surface area contributed by atoms with E-state index in [4.69, 9.17) is 8.83 Å². The van der Waals surface area contributed by atoms with Gasteiger partial charge in [-0.25, -0.2) is 0 Å². The average molecular weight is 909 g/mol. The molecule has 0 radical (unpaired) electrons. The van der Waals surface area contributed by atoms with Crippen molar-refractivity contribution in [1.82, 2.24) is 0 Å². The van der Waals surface area contributed by atoms with Crippen molar-refractivity contribution in [2.45, 2.75) is 19.6 Å². The molecule has 68 heavy (non-hydrogen) atoms. The Balaban J connectivity index is 0.977. The Morgan fingerprint density at radius 3 is 0.956 bits per heavy atom. The summed E-state index contributed by atoms with van der Waals surface area (Å²) >= 11 is 3.53. The van der Waals surface area contributed by atoms with Crippen LogP contribution in [0.2, 0.25) is 0 Å². The van der Waals surface area contributed by atoms with Crippen LogP contribution in [0.3, 0.4) is 0 Å². The molecule has 13 rings (SSSR count). The first kappa shape index (κ1) is 40.1. The largest absolute Gasteiger partial charge is 0.452 e. The van der Waals surface area contributed by atoms with E-state index in [-0.39, 0.29) is 0 Å². The summed E-state index contributed by atoms with van der Waals surface area (Å²) in [4.78, 5) is 9.46. The Labute approximate surface area is 401 Å². The van der Waals surface area contributed by atoms with Crippen molar-refractivity contribution in [3.63, 3.8) is 0 Å². The predicted molar refractivity (Wildman–Crippen MR) is 287 cm³/mol. The van der Waals surface area contributed by atoms with E-state index in [0.29, 0.717) is 0 Å². The number of nitrogens with zero attached hydrogens (tertiary/aromatic N) is 2. The zero-order valence-corrected chi connectivity index (χ0v) is 38.3. The lowest BCUT2D eigenvalue weighted by Crippen LogP contribution is -2.10. The Morgan fingerprint density at radius 2 is 0.574 bits per heavy atom. The summed E-state index contributed by atoms with van der Waals surface area (Å²) in [6, 6.07) is 86.1. The first-order chi connectivity index (χ1) is 33.7. The van der Waals surface area contributed by atoms with Crippen molar-refractivity contribution in [1.29, 1.82) is 0 Å². The van der Waals surface area contributed by atoms with Crippen LogP contribution in [0.1, 0.15) is 0 Å². The van der Waals surface area contributed by atoms with Crippen molar-refractivity contribution < 1.29 is 8.83 Å². The molecule has 0 atom stereocenters. The molecule has 0 bridgehead atoms. The normalized spacial score (nSPS) is 11.6. The number of anilines is 6. The molecule has 322 valence electrons. The van der Waals surface area contributed by atoms with Gasteiger partial charge in [-0.1, -0.05) is 145 Å². The first-order valence-electron chi connectivity index (χ1n) is 22.7. The molecule has 0 amide bonds. The number of para-hydroxylation sites is 2. The zero-order chi connectivity index (χ0) is 45.0. The highest BCUT2D eigenvalue weighted by molar-refractivity contribution is 7.99. The van der Waals surface area contributed by atoms with Gasteiger partial charge < -0.3 is 18.6 Å². The van der Waals surface area contributed by atoms with Crippen molar-refractivity contribution in [2.24, 2.45) is 0 Å². The van der Waals surface area contributed by atoms with E-state index in [2.05, 4.69) is 252 Å². The number of furan rings is 2. The van der Waals surface area contributed by atoms with Gasteiger partial charge in [-0.15, -0.1) is 0 Å². The van der Waals surface area contributed by atoms with E-state index in [1.165, 1.54) is 19.6 Å². The standard InChI is InChI=1S/C62H40N2O2S2/c1-5-17-41(18-6-1)63(43-29-33-47(34-30-43)67-45-21-9-3-10-22-45)55-39-57-59(51-27-15-13-25-49(51)55)53-37-38-54-60-52-28-16-14-26-50(52)56(40-58(60)66-62(54)61(53)65-57)64(42-19-7-2-8-20-42)44-31-35-48(36-32-44)68-46-23-11-4-12-24-46/h1-40H. The maximum absolute atomic E-state index is 7.10. The van der Waals surface area contributed by atoms with Gasteiger partial charge in [0.2, 0.25) is 0 Å². The maximum atomic E-state index is 7.10. The van der Waals surface area contributed by atoms with Crippen LogP contribution in [-0.4, -0.2) is 0 Å². The van der Waals surface area contributed by atoms with Gasteiger partial charge in [-0.3, -0.25) is 0 Å². The van der Waals surface area contributed by atoms with Crippen molar-refractivity contribution in [3.05, 3.63) is 243 Å². The lowest BCUT2D eigenvalue weighted by molar-refractivity contribution is 0.633. The SMILES string of the molecule is c1ccc(Sc2ccc(N(c3ccccc3)c3cc4oc5c(ccc6c5oc5cc(N(c7ccccc7)c7ccc(Sc8ccccc8)cc7)c7ccccc7c56)c4c4ccccc34)cc2)cc1. The van der Waals surface area contributed by atoms with E-state index in [9.17, 15) is 0 Å². The minimum absolute atomic E-state index is 0.738. The molecule has 4 nitrogen and oxygen atoms in total. The molecule has 0 aliphatic rings. The Kier molecular flexibility index (Phi) is 9.99. The van der Waals surface area contributed by atoms with Crippen LogP contribution in [0.15, 0.2) is 271 Å². The quantitative estimate of drug-likeness (QED) is 0.136. The smallest absolute Gasteiger partial charge is 0.178 e. The molecule has 0 aliphatic heterocycles. The van der Waals surface area contributed by atoms with Gasteiger partial charge in [-0.2, -0.15) is 0 Å². The molecule has 11 aromatic carbocycles. The zero-order valence-electron chi connectivity index (χ0n) is 36.6. The van der Waals surface area contributed by atoms with Gasteiger partial charge in [0.1, 0.15) is 11.2 Å². The highest BCUT2D eigenvalue weighted by Crippen LogP contribution is 2.49. The molecule has 0 N–H and O–H groups in total. The van der Waals surface area contributed by atoms with Crippen molar-refractivity contribution >= 4 is 123 Å². The Hall–Kier alpha value is -8.16. The van der Waals surface area contributed by atoms with Crippen molar-refractivity contribution in [3.8, 4) is 0 Å². The summed E-state index contributed by atoms with van der Waals surface area (Å²) in [7, 11) is 0. The first-order valence-corrected chi connectivity index (χ1v) is 24.4. The summed E-state index contributed by atoms with van der Waals surface area (Å²) in [5, 5.41) is 8.66. The van der Waals surface area contributed by atoms with Crippen LogP contribution in [-0.2, 0) is 0 Å². The minimum Gasteiger partial charge on any atom is -0.452 e. The van der Waals surface area contributed by atoms with E-state index < -0.39 is 0 Å². The van der Waals surface area contributed by atoms with E-state index in [1.807, 2.05) is 0 Å². The Bertz CT molecular complexity index is 3690. The van der Waals surface area contributed by atoms with Gasteiger partial charge in [0.25, 0.3) is 0 Å². The highest BCUT2D eigenvalue weighted by atomic mass is 32.2. The molecule has 6 heteroatoms. The summed E-state index contributed by atoms with van der Waals surface area (Å²) in [5.74, 6) is 0. The molecular weight excluding hydrogens is 869 g/mol. The fourth-order valence-electron chi connectivity index (χ4n) is 9.71. The van der Waals surface area contributed by atoms with E-state index in [1.54, 1.807) is 23.5 Å². The fourth-order valence-corrected chi connectivity index (χ4v) is 11.4. The van der Waals surface area contributed by atoms with E-state index in [0.717, 1.165) is 99.5 Å². The minimum atomic E-state index is 0.738. The molecule has 0 fully saturated rings. The third-order valence-corrected chi connectivity index (χ3v) is 14.7. The fraction of sp³-hybridized carbons (Fsp3) is 0. The summed E-state index contributed by atoms with van der Waals surface area (Å²) < 4.78 is 14.2. The van der Waals surface area contributed by atoms with Crippen molar-refractivity contribution in [2.75, 3.05) is 9.80 Å². The number of benzene rings is 11. The van der Waals surface area contributed by atoms with Crippen LogP contribution in [0.5, 0.6) is 0 Å². The molecule has 2 aromatic heterocycles. The topological polar surface area (TPSA) is 32.8 Å². The monoisotopic (exact) mass is 908 g/mol. The van der Waals surface area contributed by atoms with Crippen LogP contribution in [0.25, 0.3) is 65.4 Å². The number of rotatable bonds is 10. The van der Waals surface area contributed by atoms with Gasteiger partial charge in [0, 0.05) is 86.8 Å². The maximum Gasteiger partial charge on any atom is 0.178 e. The average Bonchev–Trinajstić information content (AvgIpc) is 3.98. The van der Waals surface area contributed by atoms with Gasteiger partial charge in [0.05, 0.1) is 11.4 Å². The molecule has 0 spiro atoms. The van der Waals surface area contributed by atoms with Gasteiger partial charge >= 0.3 is 0 Å². The molecule has 0 saturated carbocycles. The number of fused-ring (bicyclic) bond motifs is 11. The van der Waals surface area contributed by atoms with Crippen LogP contribution >= 0.6 is 23.5 Å². The summed E-state index contributed by atoms with van der Waals surface area (Å²) in [5.41, 5.74) is 9.38. The molecular formula is C62H40N2O2S2. The third kappa shape index (κ3) is 7.05. The van der Waals surface area contributed by atoms with Crippen LogP contribution in [0.4, 0.5) is 34.1 Å². The highest BCUT2D eigenvalue weighted by Gasteiger charge is 2.25. The molecule has 13 aromatic rings. The second kappa shape index (κ2) is 16.9. The summed E-state index contributed by atoms with van der Waals surface area (Å²) in [6.07, 6.45) is 0. The molecule has 2 heterocycles. The second-order valence-corrected chi connectivity index (χ2v) is 19.1. The van der Waals surface area contributed by atoms with Gasteiger partial charge in [0.15, 0.2) is 11.2 Å². The molecule has 0 aliphatic carbocycles. The van der Waals surface area contributed by atoms with Crippen LogP contribution < -0.4 is 9.80 Å². The molecule has 0 unspecified atom stereocenters. The number of hydrogen-bond acceptors (Lipinski definition) is 6. The second-order valence-electron chi connectivity index (χ2n) is 16.8. The van der Waals surface area contributed by atoms with Gasteiger partial charge in [-0.05, 0) is 120 Å².